The molecule has 3 nitrogen and oxygen atoms in total. The Hall–Kier alpha value is -1.51. The number of nitrogens with one attached hydrogen (secondary N) is 1. The van der Waals surface area contributed by atoms with E-state index in [2.05, 4.69) is 47.0 Å². The molecule has 1 fully saturated rings. The van der Waals surface area contributed by atoms with Gasteiger partial charge in [0.2, 0.25) is 5.95 Å². The van der Waals surface area contributed by atoms with Crippen LogP contribution in [0.25, 0.3) is 11.0 Å². The van der Waals surface area contributed by atoms with Gasteiger partial charge in [0.15, 0.2) is 0 Å². The maximum absolute atomic E-state index is 4.59. The summed E-state index contributed by atoms with van der Waals surface area (Å²) >= 11 is 0. The van der Waals surface area contributed by atoms with Crippen LogP contribution in [0, 0.1) is 11.8 Å². The van der Waals surface area contributed by atoms with Crippen LogP contribution >= 0.6 is 0 Å². The van der Waals surface area contributed by atoms with Gasteiger partial charge in [-0.25, -0.2) is 4.98 Å². The maximum Gasteiger partial charge on any atom is 0.203 e. The number of hydrogen-bond acceptors (Lipinski definition) is 2. The van der Waals surface area contributed by atoms with E-state index in [0.717, 1.165) is 29.8 Å². The van der Waals surface area contributed by atoms with E-state index in [1.807, 2.05) is 6.07 Å². The SMILES string of the molecule is CC1CC1CNc1nc2ccccc2n1C. The third kappa shape index (κ3) is 1.56. The highest BCUT2D eigenvalue weighted by Crippen LogP contribution is 2.37. The normalized spacial score (nSPS) is 23.6. The van der Waals surface area contributed by atoms with Gasteiger partial charge in [0.1, 0.15) is 0 Å². The molecular weight excluding hydrogens is 198 g/mol. The molecule has 0 saturated heterocycles. The third-order valence-electron chi connectivity index (χ3n) is 3.59. The van der Waals surface area contributed by atoms with Crippen molar-refractivity contribution >= 4 is 17.0 Å². The zero-order chi connectivity index (χ0) is 11.1. The van der Waals surface area contributed by atoms with E-state index in [1.54, 1.807) is 0 Å². The number of nitrogens with zero attached hydrogens (tertiary/aromatic N) is 2. The van der Waals surface area contributed by atoms with Crippen molar-refractivity contribution in [2.45, 2.75) is 13.3 Å². The fourth-order valence-electron chi connectivity index (χ4n) is 2.21. The second-order valence-corrected chi connectivity index (χ2v) is 4.84. The van der Waals surface area contributed by atoms with E-state index in [4.69, 9.17) is 0 Å². The molecule has 0 bridgehead atoms. The summed E-state index contributed by atoms with van der Waals surface area (Å²) in [5, 5.41) is 3.45. The Balaban J connectivity index is 1.83. The predicted molar refractivity (Wildman–Crippen MR) is 66.5 cm³/mol. The molecule has 1 saturated carbocycles. The fourth-order valence-corrected chi connectivity index (χ4v) is 2.21. The van der Waals surface area contributed by atoms with Crippen molar-refractivity contribution in [3.63, 3.8) is 0 Å². The first-order valence-electron chi connectivity index (χ1n) is 5.91. The number of hydrogen-bond donors (Lipinski definition) is 1. The van der Waals surface area contributed by atoms with Crippen LogP contribution in [0.1, 0.15) is 13.3 Å². The summed E-state index contributed by atoms with van der Waals surface area (Å²) in [5.74, 6) is 2.72. The standard InChI is InChI=1S/C13H17N3/c1-9-7-10(9)8-14-13-15-11-5-3-4-6-12(11)16(13)2/h3-6,9-10H,7-8H2,1-2H3,(H,14,15). The van der Waals surface area contributed by atoms with Crippen LogP contribution in [0.4, 0.5) is 5.95 Å². The number of rotatable bonds is 3. The molecule has 3 rings (SSSR count). The van der Waals surface area contributed by atoms with Crippen LogP contribution in [-0.2, 0) is 7.05 Å². The molecule has 0 aliphatic heterocycles. The molecule has 1 aliphatic carbocycles. The summed E-state index contributed by atoms with van der Waals surface area (Å²) in [6, 6.07) is 8.24. The Morgan fingerprint density at radius 3 is 2.88 bits per heavy atom. The molecule has 0 amide bonds. The van der Waals surface area contributed by atoms with E-state index in [9.17, 15) is 0 Å². The Kier molecular flexibility index (Phi) is 2.13. The predicted octanol–water partition coefficient (Wildman–Crippen LogP) is 2.64. The highest BCUT2D eigenvalue weighted by molar-refractivity contribution is 5.78. The minimum atomic E-state index is 0.847. The van der Waals surface area contributed by atoms with Gasteiger partial charge in [-0.15, -0.1) is 0 Å². The number of benzene rings is 1. The fraction of sp³-hybridized carbons (Fsp3) is 0.462. The molecule has 1 aromatic carbocycles. The summed E-state index contributed by atoms with van der Waals surface area (Å²) in [7, 11) is 2.06. The number of anilines is 1. The van der Waals surface area contributed by atoms with Crippen molar-refractivity contribution in [2.75, 3.05) is 11.9 Å². The molecule has 84 valence electrons. The van der Waals surface area contributed by atoms with Crippen molar-refractivity contribution < 1.29 is 0 Å². The molecule has 0 spiro atoms. The molecule has 2 atom stereocenters. The van der Waals surface area contributed by atoms with Gasteiger partial charge < -0.3 is 9.88 Å². The zero-order valence-corrected chi connectivity index (χ0v) is 9.77. The summed E-state index contributed by atoms with van der Waals surface area (Å²) in [6.45, 7) is 3.36. The summed E-state index contributed by atoms with van der Waals surface area (Å²) in [5.41, 5.74) is 2.25. The molecule has 1 N–H and O–H groups in total. The number of imidazole rings is 1. The lowest BCUT2D eigenvalue weighted by Gasteiger charge is -2.04. The highest BCUT2D eigenvalue weighted by atomic mass is 15.2. The first-order valence-corrected chi connectivity index (χ1v) is 5.91. The van der Waals surface area contributed by atoms with E-state index in [0.29, 0.717) is 0 Å². The molecule has 1 aromatic heterocycles. The second-order valence-electron chi connectivity index (χ2n) is 4.84. The quantitative estimate of drug-likeness (QED) is 0.853. The van der Waals surface area contributed by atoms with Crippen molar-refractivity contribution in [2.24, 2.45) is 18.9 Å². The Labute approximate surface area is 95.5 Å². The zero-order valence-electron chi connectivity index (χ0n) is 9.77. The van der Waals surface area contributed by atoms with E-state index in [1.165, 1.54) is 11.9 Å². The lowest BCUT2D eigenvalue weighted by atomic mass is 10.3. The lowest BCUT2D eigenvalue weighted by molar-refractivity contribution is 0.774. The molecule has 2 unspecified atom stereocenters. The van der Waals surface area contributed by atoms with Gasteiger partial charge in [-0.3, -0.25) is 0 Å². The van der Waals surface area contributed by atoms with Crippen LogP contribution in [0.15, 0.2) is 24.3 Å². The van der Waals surface area contributed by atoms with Crippen molar-refractivity contribution in [3.8, 4) is 0 Å². The summed E-state index contributed by atoms with van der Waals surface area (Å²) in [6.07, 6.45) is 1.36. The van der Waals surface area contributed by atoms with Crippen LogP contribution in [0.2, 0.25) is 0 Å². The maximum atomic E-state index is 4.59. The molecule has 3 heteroatoms. The van der Waals surface area contributed by atoms with Crippen LogP contribution in [0.3, 0.4) is 0 Å². The van der Waals surface area contributed by atoms with Crippen LogP contribution in [0.5, 0.6) is 0 Å². The van der Waals surface area contributed by atoms with Gasteiger partial charge in [-0.2, -0.15) is 0 Å². The topological polar surface area (TPSA) is 29.9 Å². The van der Waals surface area contributed by atoms with Gasteiger partial charge in [0, 0.05) is 13.6 Å². The number of aromatic nitrogens is 2. The Morgan fingerprint density at radius 1 is 1.44 bits per heavy atom. The summed E-state index contributed by atoms with van der Waals surface area (Å²) < 4.78 is 2.13. The molecule has 2 aromatic rings. The molecule has 0 radical (unpaired) electrons. The van der Waals surface area contributed by atoms with Gasteiger partial charge in [0.25, 0.3) is 0 Å². The monoisotopic (exact) mass is 215 g/mol. The average Bonchev–Trinajstić information content (AvgIpc) is 2.90. The van der Waals surface area contributed by atoms with Crippen molar-refractivity contribution in [1.82, 2.24) is 9.55 Å². The number of aryl methyl sites for hydroxylation is 1. The van der Waals surface area contributed by atoms with Gasteiger partial charge in [-0.1, -0.05) is 19.1 Å². The minimum Gasteiger partial charge on any atom is -0.355 e. The van der Waals surface area contributed by atoms with Gasteiger partial charge in [0.05, 0.1) is 11.0 Å². The summed E-state index contributed by atoms with van der Waals surface area (Å²) in [4.78, 5) is 4.59. The molecule has 16 heavy (non-hydrogen) atoms. The largest absolute Gasteiger partial charge is 0.355 e. The Morgan fingerprint density at radius 2 is 2.19 bits per heavy atom. The van der Waals surface area contributed by atoms with E-state index in [-0.39, 0.29) is 0 Å². The van der Waals surface area contributed by atoms with E-state index < -0.39 is 0 Å². The lowest BCUT2D eigenvalue weighted by Crippen LogP contribution is -2.08. The van der Waals surface area contributed by atoms with Crippen LogP contribution in [-0.4, -0.2) is 16.1 Å². The number of fused-ring (bicyclic) bond motifs is 1. The highest BCUT2D eigenvalue weighted by Gasteiger charge is 2.32. The van der Waals surface area contributed by atoms with Gasteiger partial charge in [-0.05, 0) is 30.4 Å². The van der Waals surface area contributed by atoms with Crippen LogP contribution < -0.4 is 5.32 Å². The molecular formula is C13H17N3. The molecule has 1 heterocycles. The average molecular weight is 215 g/mol. The van der Waals surface area contributed by atoms with Crippen molar-refractivity contribution in [1.29, 1.82) is 0 Å². The number of para-hydroxylation sites is 2. The van der Waals surface area contributed by atoms with Gasteiger partial charge >= 0.3 is 0 Å². The minimum absolute atomic E-state index is 0.847. The smallest absolute Gasteiger partial charge is 0.203 e. The van der Waals surface area contributed by atoms with Crippen molar-refractivity contribution in [3.05, 3.63) is 24.3 Å². The Bertz CT molecular complexity index is 515. The third-order valence-corrected chi connectivity index (χ3v) is 3.59. The molecule has 1 aliphatic rings. The first-order chi connectivity index (χ1) is 7.75. The van der Waals surface area contributed by atoms with E-state index >= 15 is 0 Å². The first kappa shape index (κ1) is 9.70. The second kappa shape index (κ2) is 3.51.